The van der Waals surface area contributed by atoms with Crippen molar-refractivity contribution in [1.29, 1.82) is 0 Å². The van der Waals surface area contributed by atoms with Crippen LogP contribution in [0, 0.1) is 0 Å². The van der Waals surface area contributed by atoms with Gasteiger partial charge in [-0.2, -0.15) is 9.61 Å². The summed E-state index contributed by atoms with van der Waals surface area (Å²) in [4.78, 5) is 0. The summed E-state index contributed by atoms with van der Waals surface area (Å²) in [6.07, 6.45) is -1.16. The standard InChI is InChI=1S/C7H7ClN4O2/c1-14-7(13)6-10-9-5-3-2-4(8)11-12(5)6/h2-3,7,13H,1H3. The van der Waals surface area contributed by atoms with Gasteiger partial charge >= 0.3 is 0 Å². The summed E-state index contributed by atoms with van der Waals surface area (Å²) in [6.45, 7) is 0. The highest BCUT2D eigenvalue weighted by Gasteiger charge is 2.15. The summed E-state index contributed by atoms with van der Waals surface area (Å²) in [5, 5.41) is 21.1. The minimum atomic E-state index is -1.16. The first-order valence-corrected chi connectivity index (χ1v) is 4.19. The van der Waals surface area contributed by atoms with E-state index in [1.165, 1.54) is 11.6 Å². The third-order valence-electron chi connectivity index (χ3n) is 1.70. The van der Waals surface area contributed by atoms with Crippen molar-refractivity contribution in [1.82, 2.24) is 19.8 Å². The van der Waals surface area contributed by atoms with E-state index in [2.05, 4.69) is 15.3 Å². The van der Waals surface area contributed by atoms with E-state index < -0.39 is 6.29 Å². The topological polar surface area (TPSA) is 72.5 Å². The van der Waals surface area contributed by atoms with Crippen LogP contribution >= 0.6 is 11.6 Å². The number of halogens is 1. The van der Waals surface area contributed by atoms with Gasteiger partial charge in [0.25, 0.3) is 0 Å². The van der Waals surface area contributed by atoms with E-state index in [-0.39, 0.29) is 5.82 Å². The van der Waals surface area contributed by atoms with Crippen molar-refractivity contribution in [3.05, 3.63) is 23.1 Å². The third-order valence-corrected chi connectivity index (χ3v) is 1.90. The Kier molecular flexibility index (Phi) is 2.32. The van der Waals surface area contributed by atoms with Gasteiger partial charge in [0, 0.05) is 7.11 Å². The Bertz CT molecular complexity index is 458. The lowest BCUT2D eigenvalue weighted by atomic mass is 10.5. The molecule has 0 fully saturated rings. The lowest BCUT2D eigenvalue weighted by Gasteiger charge is -2.04. The van der Waals surface area contributed by atoms with Crippen LogP contribution in [0.25, 0.3) is 5.65 Å². The molecule has 14 heavy (non-hydrogen) atoms. The fourth-order valence-corrected chi connectivity index (χ4v) is 1.18. The van der Waals surface area contributed by atoms with Crippen molar-refractivity contribution in [2.75, 3.05) is 7.11 Å². The van der Waals surface area contributed by atoms with Crippen molar-refractivity contribution >= 4 is 17.2 Å². The van der Waals surface area contributed by atoms with E-state index in [4.69, 9.17) is 16.3 Å². The molecule has 0 saturated heterocycles. The molecular formula is C7H7ClN4O2. The first-order valence-electron chi connectivity index (χ1n) is 3.81. The zero-order chi connectivity index (χ0) is 10.1. The molecule has 0 spiro atoms. The fraction of sp³-hybridized carbons (Fsp3) is 0.286. The molecule has 2 heterocycles. The second kappa shape index (κ2) is 3.49. The summed E-state index contributed by atoms with van der Waals surface area (Å²) < 4.78 is 6.02. The van der Waals surface area contributed by atoms with Crippen LogP contribution in [0.5, 0.6) is 0 Å². The Balaban J connectivity index is 2.61. The SMILES string of the molecule is COC(O)c1nnc2ccc(Cl)nn12. The number of aliphatic hydroxyl groups is 1. The van der Waals surface area contributed by atoms with Crippen LogP contribution in [0.15, 0.2) is 12.1 Å². The van der Waals surface area contributed by atoms with Gasteiger partial charge in [-0.1, -0.05) is 11.6 Å². The van der Waals surface area contributed by atoms with Crippen LogP contribution in [0.4, 0.5) is 0 Å². The molecule has 6 nitrogen and oxygen atoms in total. The summed E-state index contributed by atoms with van der Waals surface area (Å²) >= 11 is 5.69. The minimum absolute atomic E-state index is 0.199. The maximum atomic E-state index is 9.38. The number of rotatable bonds is 2. The van der Waals surface area contributed by atoms with Crippen LogP contribution in [0.1, 0.15) is 12.1 Å². The zero-order valence-corrected chi connectivity index (χ0v) is 8.01. The van der Waals surface area contributed by atoms with E-state index in [1.807, 2.05) is 0 Å². The Morgan fingerprint density at radius 1 is 1.50 bits per heavy atom. The molecule has 0 aliphatic heterocycles. The molecule has 2 aromatic rings. The predicted molar refractivity (Wildman–Crippen MR) is 47.8 cm³/mol. The first-order chi connectivity index (χ1) is 6.72. The summed E-state index contributed by atoms with van der Waals surface area (Å²) in [5.74, 6) is 0.199. The van der Waals surface area contributed by atoms with E-state index in [0.717, 1.165) is 0 Å². The number of aromatic nitrogens is 4. The first kappa shape index (κ1) is 9.32. The Morgan fingerprint density at radius 3 is 3.00 bits per heavy atom. The van der Waals surface area contributed by atoms with Crippen LogP contribution in [0.2, 0.25) is 5.15 Å². The van der Waals surface area contributed by atoms with Gasteiger partial charge < -0.3 is 9.84 Å². The Labute approximate surface area is 84.1 Å². The molecule has 0 saturated carbocycles. The number of ether oxygens (including phenoxy) is 1. The van der Waals surface area contributed by atoms with Crippen LogP contribution in [-0.4, -0.2) is 32.0 Å². The molecule has 1 unspecified atom stereocenters. The quantitative estimate of drug-likeness (QED) is 0.734. The maximum absolute atomic E-state index is 9.38. The van der Waals surface area contributed by atoms with Gasteiger partial charge in [-0.25, -0.2) is 0 Å². The number of nitrogens with zero attached hydrogens (tertiary/aromatic N) is 4. The number of methoxy groups -OCH3 is 1. The molecule has 0 bridgehead atoms. The molecule has 0 aromatic carbocycles. The third kappa shape index (κ3) is 1.43. The summed E-state index contributed by atoms with van der Waals surface area (Å²) in [7, 11) is 1.36. The second-order valence-electron chi connectivity index (χ2n) is 2.57. The van der Waals surface area contributed by atoms with E-state index in [9.17, 15) is 5.11 Å². The number of hydrogen-bond donors (Lipinski definition) is 1. The average Bonchev–Trinajstić information content (AvgIpc) is 2.59. The highest BCUT2D eigenvalue weighted by molar-refractivity contribution is 6.29. The fourth-order valence-electron chi connectivity index (χ4n) is 1.04. The zero-order valence-electron chi connectivity index (χ0n) is 7.25. The van der Waals surface area contributed by atoms with E-state index in [1.54, 1.807) is 12.1 Å². The van der Waals surface area contributed by atoms with E-state index >= 15 is 0 Å². The average molecular weight is 215 g/mol. The van der Waals surface area contributed by atoms with Gasteiger partial charge in [0.1, 0.15) is 5.15 Å². The molecule has 0 amide bonds. The molecular weight excluding hydrogens is 208 g/mol. The summed E-state index contributed by atoms with van der Waals surface area (Å²) in [6, 6.07) is 3.24. The lowest BCUT2D eigenvalue weighted by molar-refractivity contribution is -0.0842. The molecule has 7 heteroatoms. The molecule has 74 valence electrons. The predicted octanol–water partition coefficient (Wildman–Crippen LogP) is 0.415. The van der Waals surface area contributed by atoms with Crippen LogP contribution < -0.4 is 0 Å². The molecule has 2 aromatic heterocycles. The molecule has 0 aliphatic rings. The minimum Gasteiger partial charge on any atom is -0.362 e. The monoisotopic (exact) mass is 214 g/mol. The van der Waals surface area contributed by atoms with Crippen molar-refractivity contribution in [3.8, 4) is 0 Å². The van der Waals surface area contributed by atoms with Gasteiger partial charge in [0.2, 0.25) is 12.1 Å². The second-order valence-corrected chi connectivity index (χ2v) is 2.96. The van der Waals surface area contributed by atoms with Gasteiger partial charge in [-0.05, 0) is 12.1 Å². The number of fused-ring (bicyclic) bond motifs is 1. The van der Waals surface area contributed by atoms with Gasteiger partial charge in [0.05, 0.1) is 0 Å². The van der Waals surface area contributed by atoms with Crippen molar-refractivity contribution in [3.63, 3.8) is 0 Å². The van der Waals surface area contributed by atoms with Gasteiger partial charge in [-0.3, -0.25) is 0 Å². The van der Waals surface area contributed by atoms with Crippen molar-refractivity contribution in [2.24, 2.45) is 0 Å². The van der Waals surface area contributed by atoms with Gasteiger partial charge in [0.15, 0.2) is 5.65 Å². The van der Waals surface area contributed by atoms with Crippen molar-refractivity contribution < 1.29 is 9.84 Å². The smallest absolute Gasteiger partial charge is 0.218 e. The van der Waals surface area contributed by atoms with Gasteiger partial charge in [-0.15, -0.1) is 10.2 Å². The van der Waals surface area contributed by atoms with Crippen LogP contribution in [0.3, 0.4) is 0 Å². The maximum Gasteiger partial charge on any atom is 0.218 e. The number of aliphatic hydroxyl groups excluding tert-OH is 1. The largest absolute Gasteiger partial charge is 0.362 e. The Morgan fingerprint density at radius 2 is 2.29 bits per heavy atom. The molecule has 2 rings (SSSR count). The lowest BCUT2D eigenvalue weighted by Crippen LogP contribution is -2.07. The molecule has 1 N–H and O–H groups in total. The molecule has 0 aliphatic carbocycles. The molecule has 0 radical (unpaired) electrons. The molecule has 1 atom stereocenters. The summed E-state index contributed by atoms with van der Waals surface area (Å²) in [5.41, 5.74) is 0.500. The van der Waals surface area contributed by atoms with E-state index in [0.29, 0.717) is 10.8 Å². The highest BCUT2D eigenvalue weighted by Crippen LogP contribution is 2.13. The van der Waals surface area contributed by atoms with Crippen LogP contribution in [-0.2, 0) is 4.74 Å². The number of hydrogen-bond acceptors (Lipinski definition) is 5. The Hall–Kier alpha value is -1.24. The highest BCUT2D eigenvalue weighted by atomic mass is 35.5. The van der Waals surface area contributed by atoms with Crippen molar-refractivity contribution in [2.45, 2.75) is 6.29 Å². The normalized spacial score (nSPS) is 13.4.